The first-order chi connectivity index (χ1) is 14.3. The molecule has 3 rings (SSSR count). The summed E-state index contributed by atoms with van der Waals surface area (Å²) >= 11 is 3.35. The van der Waals surface area contributed by atoms with Crippen molar-refractivity contribution in [2.24, 2.45) is 0 Å². The number of rotatable bonds is 9. The van der Waals surface area contributed by atoms with E-state index in [-0.39, 0.29) is 19.1 Å². The van der Waals surface area contributed by atoms with Gasteiger partial charge in [0.2, 0.25) is 0 Å². The van der Waals surface area contributed by atoms with Crippen LogP contribution in [0.5, 0.6) is 11.5 Å². The number of halogens is 1. The van der Waals surface area contributed by atoms with Crippen molar-refractivity contribution in [3.05, 3.63) is 58.6 Å². The van der Waals surface area contributed by atoms with E-state index < -0.39 is 17.7 Å². The van der Waals surface area contributed by atoms with E-state index in [0.717, 1.165) is 20.7 Å². The third-order valence-electron chi connectivity index (χ3n) is 5.05. The zero-order valence-corrected chi connectivity index (χ0v) is 18.5. The number of β-amino-alcohol motifs (C(OH)–C–C–N with tert-alkyl or cyclic N) is 1. The smallest absolute Gasteiger partial charge is 0.325 e. The van der Waals surface area contributed by atoms with Gasteiger partial charge in [0.1, 0.15) is 29.7 Å². The van der Waals surface area contributed by atoms with E-state index in [0.29, 0.717) is 18.6 Å². The van der Waals surface area contributed by atoms with Crippen LogP contribution in [0, 0.1) is 0 Å². The number of hydrogen-bond acceptors (Lipinski definition) is 5. The Balaban J connectivity index is 1.54. The molecule has 8 heteroatoms. The van der Waals surface area contributed by atoms with Gasteiger partial charge in [0.25, 0.3) is 5.91 Å². The molecule has 0 saturated carbocycles. The lowest BCUT2D eigenvalue weighted by Gasteiger charge is -2.22. The largest absolute Gasteiger partial charge is 0.497 e. The molecule has 2 aromatic rings. The lowest BCUT2D eigenvalue weighted by molar-refractivity contribution is -0.132. The van der Waals surface area contributed by atoms with E-state index >= 15 is 0 Å². The molecule has 0 spiro atoms. The second-order valence-corrected chi connectivity index (χ2v) is 8.36. The van der Waals surface area contributed by atoms with Crippen molar-refractivity contribution in [3.63, 3.8) is 0 Å². The molecule has 2 atom stereocenters. The normalized spacial score (nSPS) is 19.5. The minimum absolute atomic E-state index is 0.0317. The third kappa shape index (κ3) is 5.31. The summed E-state index contributed by atoms with van der Waals surface area (Å²) in [6.45, 7) is 1.55. The number of urea groups is 1. The van der Waals surface area contributed by atoms with Gasteiger partial charge in [0.15, 0.2) is 0 Å². The number of nitrogens with one attached hydrogen (secondary N) is 1. The van der Waals surface area contributed by atoms with Crippen molar-refractivity contribution in [3.8, 4) is 11.5 Å². The molecule has 0 aromatic heterocycles. The maximum atomic E-state index is 12.9. The number of hydrogen-bond donors (Lipinski definition) is 2. The first-order valence-electron chi connectivity index (χ1n) is 9.64. The molecular formula is C22H25BrN2O5. The van der Waals surface area contributed by atoms with Crippen LogP contribution in [0.1, 0.15) is 18.9 Å². The lowest BCUT2D eigenvalue weighted by atomic mass is 9.93. The molecule has 1 aliphatic rings. The minimum atomic E-state index is -1.01. The Morgan fingerprint density at radius 2 is 1.90 bits per heavy atom. The van der Waals surface area contributed by atoms with Crippen molar-refractivity contribution in [2.75, 3.05) is 20.3 Å². The van der Waals surface area contributed by atoms with Gasteiger partial charge in [-0.05, 0) is 55.7 Å². The average Bonchev–Trinajstić information content (AvgIpc) is 2.94. The predicted octanol–water partition coefficient (Wildman–Crippen LogP) is 3.14. The van der Waals surface area contributed by atoms with Crippen molar-refractivity contribution in [2.45, 2.75) is 31.4 Å². The molecule has 0 radical (unpaired) electrons. The maximum absolute atomic E-state index is 12.9. The summed E-state index contributed by atoms with van der Waals surface area (Å²) in [7, 11) is 1.61. The molecule has 0 bridgehead atoms. The molecular weight excluding hydrogens is 452 g/mol. The Labute approximate surface area is 184 Å². The number of methoxy groups -OCH3 is 1. The van der Waals surface area contributed by atoms with Gasteiger partial charge in [-0.25, -0.2) is 4.79 Å². The van der Waals surface area contributed by atoms with Crippen LogP contribution in [0.25, 0.3) is 0 Å². The van der Waals surface area contributed by atoms with Crippen LogP contribution >= 0.6 is 15.9 Å². The number of nitrogens with zero attached hydrogens (tertiary/aromatic N) is 1. The molecule has 2 N–H and O–H groups in total. The number of carbonyl (C=O) groups is 2. The van der Waals surface area contributed by atoms with Crippen LogP contribution in [-0.2, 0) is 11.2 Å². The van der Waals surface area contributed by atoms with Gasteiger partial charge in [0.05, 0.1) is 13.7 Å². The third-order valence-corrected chi connectivity index (χ3v) is 5.54. The molecule has 0 aliphatic carbocycles. The average molecular weight is 477 g/mol. The van der Waals surface area contributed by atoms with Crippen molar-refractivity contribution < 1.29 is 24.2 Å². The highest BCUT2D eigenvalue weighted by Gasteiger charge is 2.47. The molecule has 2 aromatic carbocycles. The van der Waals surface area contributed by atoms with Crippen LogP contribution in [0.2, 0.25) is 0 Å². The number of aliphatic hydroxyl groups excluding tert-OH is 1. The standard InChI is InChI=1S/C22H25BrN2O5/c1-22(11-10-15-6-8-18(29-2)9-7-15)20(27)25(21(28)24-22)13-17(26)14-30-19-5-3-4-16(23)12-19/h3-9,12,17,26H,10-11,13-14H2,1-2H3,(H,24,28)/t17-,22+/m0/s1. The molecule has 7 nitrogen and oxygen atoms in total. The summed E-state index contributed by atoms with van der Waals surface area (Å²) < 4.78 is 11.6. The molecule has 1 saturated heterocycles. The van der Waals surface area contributed by atoms with Crippen LogP contribution < -0.4 is 14.8 Å². The van der Waals surface area contributed by atoms with Gasteiger partial charge < -0.3 is 19.9 Å². The molecule has 160 valence electrons. The summed E-state index contributed by atoms with van der Waals surface area (Å²) in [6.07, 6.45) is 0.0718. The first-order valence-corrected chi connectivity index (χ1v) is 10.4. The summed E-state index contributed by atoms with van der Waals surface area (Å²) in [6, 6.07) is 14.3. The Kier molecular flexibility index (Phi) is 6.99. The molecule has 3 amide bonds. The number of ether oxygens (including phenoxy) is 2. The van der Waals surface area contributed by atoms with Crippen molar-refractivity contribution >= 4 is 27.9 Å². The zero-order valence-electron chi connectivity index (χ0n) is 16.9. The van der Waals surface area contributed by atoms with Gasteiger partial charge in [0, 0.05) is 4.47 Å². The highest BCUT2D eigenvalue weighted by Crippen LogP contribution is 2.24. The van der Waals surface area contributed by atoms with E-state index in [1.165, 1.54) is 0 Å². The number of benzene rings is 2. The van der Waals surface area contributed by atoms with E-state index in [1.807, 2.05) is 36.4 Å². The fourth-order valence-electron chi connectivity index (χ4n) is 3.28. The van der Waals surface area contributed by atoms with Crippen LogP contribution in [-0.4, -0.2) is 53.8 Å². The molecule has 30 heavy (non-hydrogen) atoms. The molecule has 1 fully saturated rings. The predicted molar refractivity (Wildman–Crippen MR) is 116 cm³/mol. The highest BCUT2D eigenvalue weighted by molar-refractivity contribution is 9.10. The van der Waals surface area contributed by atoms with Gasteiger partial charge in [-0.1, -0.05) is 34.1 Å². The van der Waals surface area contributed by atoms with E-state index in [1.54, 1.807) is 26.2 Å². The summed E-state index contributed by atoms with van der Waals surface area (Å²) in [5, 5.41) is 13.0. The second-order valence-electron chi connectivity index (χ2n) is 7.45. The topological polar surface area (TPSA) is 88.1 Å². The Morgan fingerprint density at radius 1 is 1.17 bits per heavy atom. The zero-order chi connectivity index (χ0) is 21.7. The Bertz CT molecular complexity index is 905. The van der Waals surface area contributed by atoms with Gasteiger partial charge in [-0.15, -0.1) is 0 Å². The number of imide groups is 1. The number of carbonyl (C=O) groups excluding carboxylic acids is 2. The van der Waals surface area contributed by atoms with E-state index in [4.69, 9.17) is 9.47 Å². The van der Waals surface area contributed by atoms with Crippen LogP contribution in [0.4, 0.5) is 4.79 Å². The fourth-order valence-corrected chi connectivity index (χ4v) is 3.66. The quantitative estimate of drug-likeness (QED) is 0.542. The van der Waals surface area contributed by atoms with Crippen molar-refractivity contribution in [1.29, 1.82) is 0 Å². The van der Waals surface area contributed by atoms with Crippen LogP contribution in [0.3, 0.4) is 0 Å². The second kappa shape index (κ2) is 9.49. The summed E-state index contributed by atoms with van der Waals surface area (Å²) in [5.41, 5.74) is 0.0296. The maximum Gasteiger partial charge on any atom is 0.325 e. The lowest BCUT2D eigenvalue weighted by Crippen LogP contribution is -2.45. The Morgan fingerprint density at radius 3 is 2.57 bits per heavy atom. The Hall–Kier alpha value is -2.58. The van der Waals surface area contributed by atoms with Gasteiger partial charge in [-0.3, -0.25) is 9.69 Å². The molecule has 0 unspecified atom stereocenters. The SMILES string of the molecule is COc1ccc(CC[C@@]2(C)NC(=O)N(C[C@H](O)COc3cccc(Br)c3)C2=O)cc1. The fraction of sp³-hybridized carbons (Fsp3) is 0.364. The van der Waals surface area contributed by atoms with E-state index in [2.05, 4.69) is 21.2 Å². The van der Waals surface area contributed by atoms with Gasteiger partial charge in [-0.2, -0.15) is 0 Å². The van der Waals surface area contributed by atoms with Crippen LogP contribution in [0.15, 0.2) is 53.0 Å². The number of aryl methyl sites for hydroxylation is 1. The summed E-state index contributed by atoms with van der Waals surface area (Å²) in [5.74, 6) is 1.01. The van der Waals surface area contributed by atoms with Crippen molar-refractivity contribution in [1.82, 2.24) is 10.2 Å². The molecule has 1 heterocycles. The molecule has 1 aliphatic heterocycles. The summed E-state index contributed by atoms with van der Waals surface area (Å²) in [4.78, 5) is 26.3. The first kappa shape index (κ1) is 22.1. The minimum Gasteiger partial charge on any atom is -0.497 e. The van der Waals surface area contributed by atoms with Gasteiger partial charge >= 0.3 is 6.03 Å². The number of aliphatic hydroxyl groups is 1. The van der Waals surface area contributed by atoms with E-state index in [9.17, 15) is 14.7 Å². The highest BCUT2D eigenvalue weighted by atomic mass is 79.9. The number of amides is 3. The monoisotopic (exact) mass is 476 g/mol.